The van der Waals surface area contributed by atoms with Crippen LogP contribution >= 0.6 is 15.9 Å². The summed E-state index contributed by atoms with van der Waals surface area (Å²) in [6, 6.07) is 9.53. The number of carbonyl (C=O) groups excluding carboxylic acids is 1. The zero-order valence-electron chi connectivity index (χ0n) is 10.8. The number of hydrogen-bond donors (Lipinski definition) is 2. The normalized spacial score (nSPS) is 13.2. The van der Waals surface area contributed by atoms with Gasteiger partial charge in [-0.1, -0.05) is 0 Å². The van der Waals surface area contributed by atoms with Gasteiger partial charge in [-0.25, -0.2) is 4.98 Å². The maximum atomic E-state index is 12.2. The number of benzene rings is 1. The number of nitrogens with zero attached hydrogens (tertiary/aromatic N) is 1. The van der Waals surface area contributed by atoms with Gasteiger partial charge in [0.2, 0.25) is 0 Å². The molecule has 5 heteroatoms. The fourth-order valence-electron chi connectivity index (χ4n) is 2.30. The Kier molecular flexibility index (Phi) is 3.69. The van der Waals surface area contributed by atoms with E-state index in [1.165, 1.54) is 5.56 Å². The topological polar surface area (TPSA) is 54.0 Å². The molecule has 0 saturated carbocycles. The number of rotatable bonds is 2. The van der Waals surface area contributed by atoms with Gasteiger partial charge >= 0.3 is 0 Å². The first-order valence-corrected chi connectivity index (χ1v) is 7.32. The van der Waals surface area contributed by atoms with Crippen LogP contribution in [-0.4, -0.2) is 17.4 Å². The Bertz CT molecular complexity index is 657. The van der Waals surface area contributed by atoms with E-state index < -0.39 is 0 Å². The average Bonchev–Trinajstić information content (AvgIpc) is 2.47. The van der Waals surface area contributed by atoms with Crippen LogP contribution in [0.2, 0.25) is 0 Å². The third-order valence-corrected chi connectivity index (χ3v) is 3.91. The fourth-order valence-corrected chi connectivity index (χ4v) is 2.73. The van der Waals surface area contributed by atoms with Crippen LogP contribution < -0.4 is 10.6 Å². The number of amides is 1. The molecule has 0 unspecified atom stereocenters. The summed E-state index contributed by atoms with van der Waals surface area (Å²) in [6.45, 7) is 1.01. The highest BCUT2D eigenvalue weighted by Gasteiger charge is 2.13. The van der Waals surface area contributed by atoms with Crippen LogP contribution in [0, 0.1) is 0 Å². The lowest BCUT2D eigenvalue weighted by Gasteiger charge is -2.18. The quantitative estimate of drug-likeness (QED) is 0.886. The van der Waals surface area contributed by atoms with Crippen molar-refractivity contribution in [1.82, 2.24) is 4.98 Å². The summed E-state index contributed by atoms with van der Waals surface area (Å²) >= 11 is 3.34. The molecule has 20 heavy (non-hydrogen) atoms. The third kappa shape index (κ3) is 2.67. The lowest BCUT2D eigenvalue weighted by molar-refractivity contribution is 0.102. The summed E-state index contributed by atoms with van der Waals surface area (Å²) < 4.78 is 0.692. The van der Waals surface area contributed by atoms with E-state index in [4.69, 9.17) is 0 Å². The summed E-state index contributed by atoms with van der Waals surface area (Å²) in [5, 5.41) is 6.24. The molecule has 2 aromatic rings. The van der Waals surface area contributed by atoms with Gasteiger partial charge in [0, 0.05) is 28.6 Å². The fraction of sp³-hybridized carbons (Fsp3) is 0.200. The standard InChI is InChI=1S/C15H14BrN3O/c16-12-4-2-8-18-14(12)15(20)19-11-5-6-13-10(9-11)3-1-7-17-13/h2,4-6,8-9,17H,1,3,7H2,(H,19,20). The zero-order valence-corrected chi connectivity index (χ0v) is 12.4. The maximum Gasteiger partial charge on any atom is 0.275 e. The second-order valence-electron chi connectivity index (χ2n) is 4.69. The van der Waals surface area contributed by atoms with Crippen LogP contribution in [0.25, 0.3) is 0 Å². The summed E-state index contributed by atoms with van der Waals surface area (Å²) in [5.74, 6) is -0.207. The molecule has 0 radical (unpaired) electrons. The number of fused-ring (bicyclic) bond motifs is 1. The molecule has 1 aromatic heterocycles. The molecular formula is C15H14BrN3O. The molecule has 0 saturated heterocycles. The molecule has 102 valence electrons. The molecule has 2 heterocycles. The van der Waals surface area contributed by atoms with Gasteiger partial charge in [0.05, 0.1) is 0 Å². The molecule has 0 spiro atoms. The van der Waals surface area contributed by atoms with Crippen molar-refractivity contribution in [2.24, 2.45) is 0 Å². The zero-order chi connectivity index (χ0) is 13.9. The maximum absolute atomic E-state index is 12.2. The van der Waals surface area contributed by atoms with Crippen LogP contribution in [0.3, 0.4) is 0 Å². The molecule has 1 amide bonds. The van der Waals surface area contributed by atoms with Crippen LogP contribution in [0.4, 0.5) is 11.4 Å². The van der Waals surface area contributed by atoms with Crippen LogP contribution in [0.5, 0.6) is 0 Å². The van der Waals surface area contributed by atoms with E-state index in [0.717, 1.165) is 30.8 Å². The van der Waals surface area contributed by atoms with Crippen molar-refractivity contribution in [3.8, 4) is 0 Å². The lowest BCUT2D eigenvalue weighted by Crippen LogP contribution is -2.16. The first kappa shape index (κ1) is 13.1. The van der Waals surface area contributed by atoms with Gasteiger partial charge in [-0.2, -0.15) is 0 Å². The predicted octanol–water partition coefficient (Wildman–Crippen LogP) is 3.45. The molecule has 0 atom stereocenters. The number of halogens is 1. The molecule has 1 aromatic carbocycles. The number of pyridine rings is 1. The van der Waals surface area contributed by atoms with Crippen molar-refractivity contribution in [2.75, 3.05) is 17.2 Å². The first-order chi connectivity index (χ1) is 9.74. The third-order valence-electron chi connectivity index (χ3n) is 3.28. The number of anilines is 2. The Morgan fingerprint density at radius 2 is 2.25 bits per heavy atom. The highest BCUT2D eigenvalue weighted by atomic mass is 79.9. The van der Waals surface area contributed by atoms with Crippen molar-refractivity contribution in [3.05, 3.63) is 52.3 Å². The lowest BCUT2D eigenvalue weighted by atomic mass is 10.0. The molecule has 4 nitrogen and oxygen atoms in total. The van der Waals surface area contributed by atoms with Crippen LogP contribution in [-0.2, 0) is 6.42 Å². The number of hydrogen-bond acceptors (Lipinski definition) is 3. The number of aromatic nitrogens is 1. The van der Waals surface area contributed by atoms with Crippen LogP contribution in [0.1, 0.15) is 22.5 Å². The van der Waals surface area contributed by atoms with E-state index in [2.05, 4.69) is 31.5 Å². The highest BCUT2D eigenvalue weighted by Crippen LogP contribution is 2.25. The van der Waals surface area contributed by atoms with Gasteiger partial charge in [-0.05, 0) is 64.7 Å². The van der Waals surface area contributed by atoms with Gasteiger partial charge in [-0.3, -0.25) is 4.79 Å². The van der Waals surface area contributed by atoms with E-state index >= 15 is 0 Å². The van der Waals surface area contributed by atoms with Gasteiger partial charge in [0.25, 0.3) is 5.91 Å². The van der Waals surface area contributed by atoms with E-state index in [0.29, 0.717) is 10.2 Å². The predicted molar refractivity (Wildman–Crippen MR) is 83.1 cm³/mol. The Morgan fingerprint density at radius 3 is 3.10 bits per heavy atom. The molecular weight excluding hydrogens is 318 g/mol. The minimum absolute atomic E-state index is 0.207. The monoisotopic (exact) mass is 331 g/mol. The minimum Gasteiger partial charge on any atom is -0.385 e. The second kappa shape index (κ2) is 5.63. The Morgan fingerprint density at radius 1 is 1.35 bits per heavy atom. The van der Waals surface area contributed by atoms with E-state index in [-0.39, 0.29) is 5.91 Å². The minimum atomic E-state index is -0.207. The molecule has 3 rings (SSSR count). The van der Waals surface area contributed by atoms with E-state index in [1.54, 1.807) is 18.3 Å². The summed E-state index contributed by atoms with van der Waals surface area (Å²) in [6.07, 6.45) is 3.77. The molecule has 2 N–H and O–H groups in total. The molecule has 0 bridgehead atoms. The van der Waals surface area contributed by atoms with Gasteiger partial charge in [0.1, 0.15) is 5.69 Å². The first-order valence-electron chi connectivity index (χ1n) is 6.53. The SMILES string of the molecule is O=C(Nc1ccc2c(c1)CCCN2)c1ncccc1Br. The molecule has 1 aliphatic rings. The van der Waals surface area contributed by atoms with Crippen molar-refractivity contribution in [3.63, 3.8) is 0 Å². The van der Waals surface area contributed by atoms with Crippen molar-refractivity contribution >= 4 is 33.2 Å². The van der Waals surface area contributed by atoms with Crippen molar-refractivity contribution in [1.29, 1.82) is 0 Å². The van der Waals surface area contributed by atoms with Gasteiger partial charge in [0.15, 0.2) is 0 Å². The Balaban J connectivity index is 1.81. The molecule has 1 aliphatic heterocycles. The van der Waals surface area contributed by atoms with Crippen molar-refractivity contribution < 1.29 is 4.79 Å². The number of aryl methyl sites for hydroxylation is 1. The highest BCUT2D eigenvalue weighted by molar-refractivity contribution is 9.10. The smallest absolute Gasteiger partial charge is 0.275 e. The van der Waals surface area contributed by atoms with Crippen LogP contribution in [0.15, 0.2) is 41.0 Å². The molecule has 0 aliphatic carbocycles. The van der Waals surface area contributed by atoms with Gasteiger partial charge < -0.3 is 10.6 Å². The van der Waals surface area contributed by atoms with Gasteiger partial charge in [-0.15, -0.1) is 0 Å². The summed E-state index contributed by atoms with van der Waals surface area (Å²) in [4.78, 5) is 16.3. The average molecular weight is 332 g/mol. The number of carbonyl (C=O) groups is 1. The second-order valence-corrected chi connectivity index (χ2v) is 5.54. The van der Waals surface area contributed by atoms with Crippen molar-refractivity contribution in [2.45, 2.75) is 12.8 Å². The largest absolute Gasteiger partial charge is 0.385 e. The van der Waals surface area contributed by atoms with E-state index in [9.17, 15) is 4.79 Å². The Hall–Kier alpha value is -1.88. The summed E-state index contributed by atoms with van der Waals surface area (Å²) in [7, 11) is 0. The Labute approximate surface area is 125 Å². The number of nitrogens with one attached hydrogen (secondary N) is 2. The molecule has 0 fully saturated rings. The summed E-state index contributed by atoms with van der Waals surface area (Å²) in [5.41, 5.74) is 3.60. The van der Waals surface area contributed by atoms with E-state index in [1.807, 2.05) is 18.2 Å².